The fourth-order valence-electron chi connectivity index (χ4n) is 2.22. The molecule has 1 aromatic rings. The maximum absolute atomic E-state index is 12.3. The number of nitrogens with zero attached hydrogens (tertiary/aromatic N) is 1. The molecule has 8 nitrogen and oxygen atoms in total. The number of carbonyl (C=O) groups excluding carboxylic acids is 2. The molecule has 1 amide bonds. The van der Waals surface area contributed by atoms with Crippen molar-refractivity contribution in [3.05, 3.63) is 17.5 Å². The van der Waals surface area contributed by atoms with Crippen LogP contribution in [0.25, 0.3) is 0 Å². The Labute approximate surface area is 151 Å². The van der Waals surface area contributed by atoms with Crippen molar-refractivity contribution in [1.29, 1.82) is 0 Å². The van der Waals surface area contributed by atoms with Crippen molar-refractivity contribution >= 4 is 33.2 Å². The third kappa shape index (κ3) is 5.50. The van der Waals surface area contributed by atoms with Gasteiger partial charge in [-0.25, -0.2) is 8.42 Å². The van der Waals surface area contributed by atoms with Crippen molar-refractivity contribution in [2.75, 3.05) is 32.9 Å². The fraction of sp³-hybridized carbons (Fsp3) is 0.600. The topological polar surface area (TPSA) is 102 Å². The molecule has 1 atom stereocenters. The van der Waals surface area contributed by atoms with Crippen LogP contribution >= 0.6 is 11.3 Å². The number of hydrogen-bond donors (Lipinski definition) is 1. The van der Waals surface area contributed by atoms with Gasteiger partial charge in [-0.3, -0.25) is 9.59 Å². The van der Waals surface area contributed by atoms with E-state index in [1.54, 1.807) is 30.2 Å². The third-order valence-corrected chi connectivity index (χ3v) is 6.50. The monoisotopic (exact) mass is 390 g/mol. The molecule has 1 aliphatic heterocycles. The molecule has 0 spiro atoms. The Hall–Kier alpha value is -1.49. The van der Waals surface area contributed by atoms with Crippen LogP contribution in [0.4, 0.5) is 0 Å². The van der Waals surface area contributed by atoms with Crippen LogP contribution in [0.1, 0.15) is 13.8 Å². The summed E-state index contributed by atoms with van der Waals surface area (Å²) in [7, 11) is -3.81. The van der Waals surface area contributed by atoms with Gasteiger partial charge in [-0.05, 0) is 17.4 Å². The number of carbonyl (C=O) groups is 2. The normalized spacial score (nSPS) is 16.7. The zero-order valence-electron chi connectivity index (χ0n) is 14.1. The van der Waals surface area contributed by atoms with Crippen LogP contribution in [-0.4, -0.2) is 64.1 Å². The lowest BCUT2D eigenvalue weighted by molar-refractivity contribution is -0.155. The number of rotatable bonds is 7. The average Bonchev–Trinajstić information content (AvgIpc) is 3.13. The highest BCUT2D eigenvalue weighted by molar-refractivity contribution is 7.91. The van der Waals surface area contributed by atoms with Crippen LogP contribution in [0.3, 0.4) is 0 Å². The van der Waals surface area contributed by atoms with Gasteiger partial charge >= 0.3 is 5.97 Å². The fourth-order valence-corrected chi connectivity index (χ4v) is 4.57. The van der Waals surface area contributed by atoms with Crippen LogP contribution in [-0.2, 0) is 29.1 Å². The van der Waals surface area contributed by atoms with Gasteiger partial charge in [0.25, 0.3) is 15.9 Å². The highest BCUT2D eigenvalue weighted by atomic mass is 32.2. The van der Waals surface area contributed by atoms with Crippen LogP contribution in [0, 0.1) is 5.92 Å². The summed E-state index contributed by atoms with van der Waals surface area (Å²) >= 11 is 1.06. The Morgan fingerprint density at radius 1 is 1.36 bits per heavy atom. The largest absolute Gasteiger partial charge is 0.454 e. The first-order valence-corrected chi connectivity index (χ1v) is 10.3. The molecule has 0 bridgehead atoms. The number of hydrogen-bond acceptors (Lipinski definition) is 7. The van der Waals surface area contributed by atoms with E-state index in [0.717, 1.165) is 11.3 Å². The molecule has 0 radical (unpaired) electrons. The Kier molecular flexibility index (Phi) is 6.94. The van der Waals surface area contributed by atoms with Crippen LogP contribution in [0.2, 0.25) is 0 Å². The molecule has 10 heteroatoms. The molecule has 0 aromatic carbocycles. The predicted molar refractivity (Wildman–Crippen MR) is 91.6 cm³/mol. The minimum atomic E-state index is -3.81. The van der Waals surface area contributed by atoms with E-state index in [2.05, 4.69) is 4.72 Å². The molecule has 1 aliphatic rings. The molecule has 1 fully saturated rings. The first-order chi connectivity index (χ1) is 11.8. The summed E-state index contributed by atoms with van der Waals surface area (Å²) in [5.74, 6) is -1.42. The summed E-state index contributed by atoms with van der Waals surface area (Å²) < 4.78 is 37.3. The molecular formula is C15H22N2O6S2. The van der Waals surface area contributed by atoms with Gasteiger partial charge in [0, 0.05) is 13.1 Å². The summed E-state index contributed by atoms with van der Waals surface area (Å²) in [6, 6.07) is 2.00. The second-order valence-corrected chi connectivity index (χ2v) is 8.76. The van der Waals surface area contributed by atoms with E-state index < -0.39 is 28.6 Å². The lowest BCUT2D eigenvalue weighted by Crippen LogP contribution is -2.47. The molecule has 2 heterocycles. The van der Waals surface area contributed by atoms with Gasteiger partial charge < -0.3 is 14.4 Å². The van der Waals surface area contributed by atoms with E-state index in [0.29, 0.717) is 26.3 Å². The Balaban J connectivity index is 1.95. The van der Waals surface area contributed by atoms with Crippen LogP contribution < -0.4 is 4.72 Å². The third-order valence-electron chi connectivity index (χ3n) is 3.66. The smallest absolute Gasteiger partial charge is 0.324 e. The number of esters is 1. The number of morpholine rings is 1. The Morgan fingerprint density at radius 3 is 2.60 bits per heavy atom. The Morgan fingerprint density at radius 2 is 2.04 bits per heavy atom. The van der Waals surface area contributed by atoms with E-state index in [4.69, 9.17) is 9.47 Å². The minimum Gasteiger partial charge on any atom is -0.454 e. The SMILES string of the molecule is CC(C)[C@@H](NS(=O)(=O)c1cccs1)C(=O)OCC(=O)N1CCOCC1. The predicted octanol–water partition coefficient (Wildman–Crippen LogP) is 0.453. The van der Waals surface area contributed by atoms with Crippen molar-refractivity contribution < 1.29 is 27.5 Å². The number of nitrogens with one attached hydrogen (secondary N) is 1. The van der Waals surface area contributed by atoms with Gasteiger partial charge in [0.05, 0.1) is 13.2 Å². The highest BCUT2D eigenvalue weighted by Gasteiger charge is 2.31. The van der Waals surface area contributed by atoms with Crippen molar-refractivity contribution in [1.82, 2.24) is 9.62 Å². The van der Waals surface area contributed by atoms with Crippen molar-refractivity contribution in [3.8, 4) is 0 Å². The van der Waals surface area contributed by atoms with E-state index in [1.807, 2.05) is 0 Å². The second-order valence-electron chi connectivity index (χ2n) is 5.88. The van der Waals surface area contributed by atoms with E-state index in [-0.39, 0.29) is 16.0 Å². The molecule has 1 saturated heterocycles. The van der Waals surface area contributed by atoms with E-state index in [9.17, 15) is 18.0 Å². The molecule has 0 aliphatic carbocycles. The summed E-state index contributed by atoms with van der Waals surface area (Å²) in [6.45, 7) is 4.80. The molecule has 2 rings (SSSR count). The van der Waals surface area contributed by atoms with Gasteiger partial charge in [-0.15, -0.1) is 11.3 Å². The number of amides is 1. The molecule has 1 N–H and O–H groups in total. The maximum Gasteiger partial charge on any atom is 0.324 e. The van der Waals surface area contributed by atoms with Crippen LogP contribution in [0.15, 0.2) is 21.7 Å². The van der Waals surface area contributed by atoms with Gasteiger partial charge in [-0.2, -0.15) is 4.72 Å². The summed E-state index contributed by atoms with van der Waals surface area (Å²) in [5, 5.41) is 1.64. The average molecular weight is 390 g/mol. The van der Waals surface area contributed by atoms with Gasteiger partial charge in [-0.1, -0.05) is 19.9 Å². The minimum absolute atomic E-state index is 0.121. The quantitative estimate of drug-likeness (QED) is 0.679. The first kappa shape index (κ1) is 19.8. The second kappa shape index (κ2) is 8.75. The zero-order valence-corrected chi connectivity index (χ0v) is 15.8. The first-order valence-electron chi connectivity index (χ1n) is 7.89. The van der Waals surface area contributed by atoms with E-state index >= 15 is 0 Å². The molecule has 25 heavy (non-hydrogen) atoms. The summed E-state index contributed by atoms with van der Waals surface area (Å²) in [4.78, 5) is 25.9. The number of thiophene rings is 1. The summed E-state index contributed by atoms with van der Waals surface area (Å²) in [6.07, 6.45) is 0. The zero-order chi connectivity index (χ0) is 18.4. The van der Waals surface area contributed by atoms with Crippen molar-refractivity contribution in [2.24, 2.45) is 5.92 Å². The lowest BCUT2D eigenvalue weighted by atomic mass is 10.1. The van der Waals surface area contributed by atoms with Crippen molar-refractivity contribution in [2.45, 2.75) is 24.1 Å². The lowest BCUT2D eigenvalue weighted by Gasteiger charge is -2.27. The van der Waals surface area contributed by atoms with Gasteiger partial charge in [0.1, 0.15) is 10.3 Å². The Bertz CT molecular complexity index is 681. The molecular weight excluding hydrogens is 368 g/mol. The molecule has 0 saturated carbocycles. The van der Waals surface area contributed by atoms with E-state index in [1.165, 1.54) is 6.07 Å². The van der Waals surface area contributed by atoms with Crippen LogP contribution in [0.5, 0.6) is 0 Å². The van der Waals surface area contributed by atoms with Gasteiger partial charge in [0.2, 0.25) is 0 Å². The van der Waals surface area contributed by atoms with Crippen molar-refractivity contribution in [3.63, 3.8) is 0 Å². The standard InChI is InChI=1S/C15H22N2O6S2/c1-11(2)14(16-25(20,21)13-4-3-9-24-13)15(19)23-10-12(18)17-5-7-22-8-6-17/h3-4,9,11,14,16H,5-8,10H2,1-2H3/t14-/m1/s1. The molecule has 0 unspecified atom stereocenters. The maximum atomic E-state index is 12.3. The highest BCUT2D eigenvalue weighted by Crippen LogP contribution is 2.17. The number of ether oxygens (including phenoxy) is 2. The number of sulfonamides is 1. The molecule has 1 aromatic heterocycles. The summed E-state index contributed by atoms with van der Waals surface area (Å²) in [5.41, 5.74) is 0. The molecule has 140 valence electrons. The van der Waals surface area contributed by atoms with Gasteiger partial charge in [0.15, 0.2) is 6.61 Å².